The summed E-state index contributed by atoms with van der Waals surface area (Å²) in [5.41, 5.74) is 9.40. The maximum absolute atomic E-state index is 5.67. The number of likely N-dealkylation sites (tertiary alicyclic amines) is 1. The fourth-order valence-corrected chi connectivity index (χ4v) is 2.80. The maximum atomic E-state index is 5.67. The molecule has 0 amide bonds. The Kier molecular flexibility index (Phi) is 3.35. The summed E-state index contributed by atoms with van der Waals surface area (Å²) in [7, 11) is 0. The minimum atomic E-state index is 0.608. The van der Waals surface area contributed by atoms with Crippen molar-refractivity contribution in [3.63, 3.8) is 0 Å². The molecule has 0 aliphatic carbocycles. The number of aromatic amines is 1. The largest absolute Gasteiger partial charge is 0.357 e. The van der Waals surface area contributed by atoms with Crippen LogP contribution in [0.5, 0.6) is 0 Å². The van der Waals surface area contributed by atoms with Gasteiger partial charge in [-0.25, -0.2) is 0 Å². The molecule has 3 nitrogen and oxygen atoms in total. The number of nitrogens with zero attached hydrogens (tertiary/aromatic N) is 1. The van der Waals surface area contributed by atoms with Gasteiger partial charge in [-0.2, -0.15) is 0 Å². The fraction of sp³-hybridized carbons (Fsp3) is 0.467. The molecule has 18 heavy (non-hydrogen) atoms. The first kappa shape index (κ1) is 11.8. The Morgan fingerprint density at radius 1 is 1.11 bits per heavy atom. The summed E-state index contributed by atoms with van der Waals surface area (Å²) in [5, 5.41) is 1.29. The van der Waals surface area contributed by atoms with E-state index in [1.807, 2.05) is 0 Å². The molecule has 0 atom stereocenters. The molecule has 0 bridgehead atoms. The minimum Gasteiger partial charge on any atom is -0.357 e. The van der Waals surface area contributed by atoms with Crippen molar-refractivity contribution in [3.05, 3.63) is 35.5 Å². The van der Waals surface area contributed by atoms with Gasteiger partial charge in [-0.1, -0.05) is 18.6 Å². The van der Waals surface area contributed by atoms with Crippen LogP contribution >= 0.6 is 0 Å². The molecule has 96 valence electrons. The van der Waals surface area contributed by atoms with E-state index in [1.54, 1.807) is 0 Å². The van der Waals surface area contributed by atoms with Crippen LogP contribution in [0, 0.1) is 0 Å². The lowest BCUT2D eigenvalue weighted by Gasteiger charge is -2.25. The molecule has 0 saturated carbocycles. The predicted octanol–water partition coefficient (Wildman–Crippen LogP) is 2.61. The van der Waals surface area contributed by atoms with E-state index in [2.05, 4.69) is 34.1 Å². The van der Waals surface area contributed by atoms with Gasteiger partial charge in [0.1, 0.15) is 0 Å². The number of H-pyrrole nitrogens is 1. The predicted molar refractivity (Wildman–Crippen MR) is 75.3 cm³/mol. The molecule has 2 heterocycles. The van der Waals surface area contributed by atoms with E-state index in [0.717, 1.165) is 6.54 Å². The number of rotatable bonds is 3. The van der Waals surface area contributed by atoms with Gasteiger partial charge in [-0.3, -0.25) is 4.90 Å². The molecule has 1 aliphatic heterocycles. The first-order chi connectivity index (χ1) is 8.85. The lowest BCUT2D eigenvalue weighted by molar-refractivity contribution is 0.219. The van der Waals surface area contributed by atoms with Gasteiger partial charge in [0.05, 0.1) is 0 Å². The number of hydrogen-bond donors (Lipinski definition) is 2. The Balaban J connectivity index is 1.79. The Bertz CT molecular complexity index is 524. The van der Waals surface area contributed by atoms with Crippen molar-refractivity contribution in [1.82, 2.24) is 9.88 Å². The van der Waals surface area contributed by atoms with Crippen molar-refractivity contribution in [3.8, 4) is 0 Å². The lowest BCUT2D eigenvalue weighted by Crippen LogP contribution is -2.29. The van der Waals surface area contributed by atoms with Crippen LogP contribution in [0.1, 0.15) is 30.5 Å². The van der Waals surface area contributed by atoms with E-state index in [9.17, 15) is 0 Å². The summed E-state index contributed by atoms with van der Waals surface area (Å²) in [6.45, 7) is 4.13. The van der Waals surface area contributed by atoms with Crippen molar-refractivity contribution in [2.24, 2.45) is 5.73 Å². The van der Waals surface area contributed by atoms with Crippen LogP contribution in [0.4, 0.5) is 0 Å². The SMILES string of the molecule is NCc1ccc2cc(CN3CCCCC3)[nH]c2c1. The fourth-order valence-electron chi connectivity index (χ4n) is 2.80. The second-order valence-electron chi connectivity index (χ2n) is 5.26. The first-order valence-corrected chi connectivity index (χ1v) is 6.88. The van der Waals surface area contributed by atoms with E-state index in [4.69, 9.17) is 5.73 Å². The second kappa shape index (κ2) is 5.12. The van der Waals surface area contributed by atoms with Crippen molar-refractivity contribution < 1.29 is 0 Å². The molecule has 1 aromatic carbocycles. The van der Waals surface area contributed by atoms with E-state index >= 15 is 0 Å². The Hall–Kier alpha value is -1.32. The molecular weight excluding hydrogens is 222 g/mol. The third-order valence-electron chi connectivity index (χ3n) is 3.82. The first-order valence-electron chi connectivity index (χ1n) is 6.88. The molecule has 1 saturated heterocycles. The van der Waals surface area contributed by atoms with Gasteiger partial charge in [0.15, 0.2) is 0 Å². The molecule has 2 aromatic rings. The second-order valence-corrected chi connectivity index (χ2v) is 5.26. The average molecular weight is 243 g/mol. The highest BCUT2D eigenvalue weighted by atomic mass is 15.1. The highest BCUT2D eigenvalue weighted by molar-refractivity contribution is 5.81. The quantitative estimate of drug-likeness (QED) is 0.870. The summed E-state index contributed by atoms with van der Waals surface area (Å²) in [6.07, 6.45) is 4.08. The van der Waals surface area contributed by atoms with Crippen LogP contribution < -0.4 is 5.73 Å². The van der Waals surface area contributed by atoms with E-state index in [-0.39, 0.29) is 0 Å². The van der Waals surface area contributed by atoms with Crippen molar-refractivity contribution in [2.45, 2.75) is 32.4 Å². The van der Waals surface area contributed by atoms with Gasteiger partial charge in [0.2, 0.25) is 0 Å². The topological polar surface area (TPSA) is 45.0 Å². The van der Waals surface area contributed by atoms with E-state index < -0.39 is 0 Å². The van der Waals surface area contributed by atoms with Crippen molar-refractivity contribution >= 4 is 10.9 Å². The maximum Gasteiger partial charge on any atom is 0.0459 e. The molecule has 1 aliphatic rings. The zero-order chi connectivity index (χ0) is 12.4. The molecule has 3 rings (SSSR count). The Morgan fingerprint density at radius 2 is 1.94 bits per heavy atom. The lowest BCUT2D eigenvalue weighted by atomic mass is 10.1. The minimum absolute atomic E-state index is 0.608. The Morgan fingerprint density at radius 3 is 2.72 bits per heavy atom. The number of aromatic nitrogens is 1. The standard InChI is InChI=1S/C15H21N3/c16-10-12-4-5-13-9-14(17-15(13)8-12)11-18-6-2-1-3-7-18/h4-5,8-9,17H,1-3,6-7,10-11,16H2. The number of benzene rings is 1. The Labute approximate surface area is 108 Å². The normalized spacial score (nSPS) is 17.4. The van der Waals surface area contributed by atoms with Gasteiger partial charge < -0.3 is 10.7 Å². The van der Waals surface area contributed by atoms with Crippen LogP contribution in [0.3, 0.4) is 0 Å². The molecule has 0 spiro atoms. The molecular formula is C15H21N3. The molecule has 1 fully saturated rings. The summed E-state index contributed by atoms with van der Waals surface area (Å²) in [5.74, 6) is 0. The summed E-state index contributed by atoms with van der Waals surface area (Å²) < 4.78 is 0. The number of hydrogen-bond acceptors (Lipinski definition) is 2. The zero-order valence-electron chi connectivity index (χ0n) is 10.8. The molecule has 1 aromatic heterocycles. The summed E-state index contributed by atoms with van der Waals surface area (Å²) in [6, 6.07) is 8.70. The molecule has 3 N–H and O–H groups in total. The van der Waals surface area contributed by atoms with Gasteiger partial charge in [-0.05, 0) is 49.0 Å². The number of piperidine rings is 1. The van der Waals surface area contributed by atoms with Crippen molar-refractivity contribution in [2.75, 3.05) is 13.1 Å². The smallest absolute Gasteiger partial charge is 0.0459 e. The number of fused-ring (bicyclic) bond motifs is 1. The van der Waals surface area contributed by atoms with E-state index in [1.165, 1.54) is 54.5 Å². The highest BCUT2D eigenvalue weighted by Crippen LogP contribution is 2.19. The highest BCUT2D eigenvalue weighted by Gasteiger charge is 2.11. The summed E-state index contributed by atoms with van der Waals surface area (Å²) in [4.78, 5) is 6.06. The monoisotopic (exact) mass is 243 g/mol. The van der Waals surface area contributed by atoms with Gasteiger partial charge in [0.25, 0.3) is 0 Å². The van der Waals surface area contributed by atoms with Crippen LogP contribution in [0.15, 0.2) is 24.3 Å². The third-order valence-corrected chi connectivity index (χ3v) is 3.82. The van der Waals surface area contributed by atoms with E-state index in [0.29, 0.717) is 6.54 Å². The molecule has 3 heteroatoms. The van der Waals surface area contributed by atoms with Crippen LogP contribution in [0.2, 0.25) is 0 Å². The third kappa shape index (κ3) is 2.42. The van der Waals surface area contributed by atoms with Gasteiger partial charge in [-0.15, -0.1) is 0 Å². The van der Waals surface area contributed by atoms with Crippen LogP contribution in [0.25, 0.3) is 10.9 Å². The average Bonchev–Trinajstić information content (AvgIpc) is 2.80. The van der Waals surface area contributed by atoms with Crippen molar-refractivity contribution in [1.29, 1.82) is 0 Å². The molecule has 0 unspecified atom stereocenters. The van der Waals surface area contributed by atoms with Crippen LogP contribution in [-0.2, 0) is 13.1 Å². The van der Waals surface area contributed by atoms with Crippen LogP contribution in [-0.4, -0.2) is 23.0 Å². The summed E-state index contributed by atoms with van der Waals surface area (Å²) >= 11 is 0. The van der Waals surface area contributed by atoms with Gasteiger partial charge >= 0.3 is 0 Å². The number of nitrogens with two attached hydrogens (primary N) is 1. The number of nitrogens with one attached hydrogen (secondary N) is 1. The zero-order valence-corrected chi connectivity index (χ0v) is 10.8. The van der Waals surface area contributed by atoms with Gasteiger partial charge in [0, 0.05) is 24.3 Å². The molecule has 0 radical (unpaired) electrons.